The number of thioether (sulfide) groups is 1. The summed E-state index contributed by atoms with van der Waals surface area (Å²) >= 11 is 1.84. The molecule has 0 radical (unpaired) electrons. The predicted molar refractivity (Wildman–Crippen MR) is 78.7 cm³/mol. The number of nitrogens with one attached hydrogen (secondary N) is 1. The smallest absolute Gasteiger partial charge is 0.0331 e. The molecule has 0 spiro atoms. The normalized spacial score (nSPS) is 13.0. The van der Waals surface area contributed by atoms with Crippen molar-refractivity contribution in [1.29, 1.82) is 0 Å². The average molecular weight is 251 g/mol. The van der Waals surface area contributed by atoms with E-state index in [2.05, 4.69) is 56.6 Å². The molecule has 0 saturated heterocycles. The van der Waals surface area contributed by atoms with Crippen LogP contribution in [0.4, 0.5) is 0 Å². The summed E-state index contributed by atoms with van der Waals surface area (Å²) in [5, 5.41) is 3.62. The third kappa shape index (κ3) is 4.72. The van der Waals surface area contributed by atoms with E-state index in [1.54, 1.807) is 0 Å². The molecule has 0 fully saturated rings. The van der Waals surface area contributed by atoms with Gasteiger partial charge in [0.15, 0.2) is 0 Å². The Bertz CT molecular complexity index is 322. The molecule has 1 nitrogen and oxygen atoms in total. The first kappa shape index (κ1) is 14.6. The Balaban J connectivity index is 2.80. The molecular formula is C15H25NS. The maximum atomic E-state index is 3.62. The maximum absolute atomic E-state index is 3.62. The van der Waals surface area contributed by atoms with Gasteiger partial charge in [-0.2, -0.15) is 0 Å². The van der Waals surface area contributed by atoms with Crippen LogP contribution in [0.2, 0.25) is 0 Å². The lowest BCUT2D eigenvalue weighted by Gasteiger charge is -2.21. The zero-order valence-electron chi connectivity index (χ0n) is 11.5. The standard InChI is InChI=1S/C15H25NS/c1-5-16-14(11-10-12(2)3)13-8-6-7-9-15(13)17-4/h6-9,12,14,16H,5,10-11H2,1-4H3. The second kappa shape index (κ2) is 7.78. The Kier molecular flexibility index (Phi) is 6.68. The lowest BCUT2D eigenvalue weighted by Crippen LogP contribution is -2.21. The van der Waals surface area contributed by atoms with Crippen LogP contribution in [0.25, 0.3) is 0 Å². The highest BCUT2D eigenvalue weighted by atomic mass is 32.2. The van der Waals surface area contributed by atoms with E-state index in [1.807, 2.05) is 11.8 Å². The van der Waals surface area contributed by atoms with Crippen LogP contribution in [0, 0.1) is 5.92 Å². The van der Waals surface area contributed by atoms with E-state index in [9.17, 15) is 0 Å². The van der Waals surface area contributed by atoms with E-state index in [1.165, 1.54) is 23.3 Å². The largest absolute Gasteiger partial charge is 0.310 e. The SMILES string of the molecule is CCNC(CCC(C)C)c1ccccc1SC. The lowest BCUT2D eigenvalue weighted by atomic mass is 9.97. The van der Waals surface area contributed by atoms with Gasteiger partial charge >= 0.3 is 0 Å². The molecule has 17 heavy (non-hydrogen) atoms. The summed E-state index contributed by atoms with van der Waals surface area (Å²) < 4.78 is 0. The van der Waals surface area contributed by atoms with E-state index in [4.69, 9.17) is 0 Å². The van der Waals surface area contributed by atoms with Crippen molar-refractivity contribution in [3.8, 4) is 0 Å². The van der Waals surface area contributed by atoms with Crippen molar-refractivity contribution in [1.82, 2.24) is 5.32 Å². The second-order valence-corrected chi connectivity index (χ2v) is 5.67. The van der Waals surface area contributed by atoms with Gasteiger partial charge in [-0.3, -0.25) is 0 Å². The van der Waals surface area contributed by atoms with E-state index >= 15 is 0 Å². The van der Waals surface area contributed by atoms with Crippen LogP contribution in [0.3, 0.4) is 0 Å². The van der Waals surface area contributed by atoms with Crippen LogP contribution in [0.5, 0.6) is 0 Å². The zero-order chi connectivity index (χ0) is 12.7. The predicted octanol–water partition coefficient (Wildman–Crippen LogP) is 4.50. The van der Waals surface area contributed by atoms with E-state index in [0.717, 1.165) is 12.5 Å². The van der Waals surface area contributed by atoms with Crippen molar-refractivity contribution in [2.75, 3.05) is 12.8 Å². The number of hydrogen-bond donors (Lipinski definition) is 1. The van der Waals surface area contributed by atoms with Crippen molar-refractivity contribution in [3.05, 3.63) is 29.8 Å². The van der Waals surface area contributed by atoms with Crippen molar-refractivity contribution in [3.63, 3.8) is 0 Å². The summed E-state index contributed by atoms with van der Waals surface area (Å²) in [6.07, 6.45) is 4.66. The van der Waals surface area contributed by atoms with Crippen molar-refractivity contribution in [2.45, 2.75) is 44.6 Å². The molecule has 0 aliphatic carbocycles. The first-order valence-corrected chi connectivity index (χ1v) is 7.77. The molecule has 1 N–H and O–H groups in total. The van der Waals surface area contributed by atoms with Crippen LogP contribution in [-0.4, -0.2) is 12.8 Å². The summed E-state index contributed by atoms with van der Waals surface area (Å²) in [6, 6.07) is 9.26. The number of hydrogen-bond acceptors (Lipinski definition) is 2. The molecule has 0 aliphatic heterocycles. The third-order valence-electron chi connectivity index (χ3n) is 3.00. The summed E-state index contributed by atoms with van der Waals surface area (Å²) in [7, 11) is 0. The van der Waals surface area contributed by atoms with Gasteiger partial charge in [0.05, 0.1) is 0 Å². The molecule has 1 atom stereocenters. The molecule has 1 aromatic carbocycles. The fourth-order valence-electron chi connectivity index (χ4n) is 2.07. The molecule has 0 aromatic heterocycles. The molecular weight excluding hydrogens is 226 g/mol. The zero-order valence-corrected chi connectivity index (χ0v) is 12.3. The molecule has 0 aliphatic rings. The monoisotopic (exact) mass is 251 g/mol. The van der Waals surface area contributed by atoms with Gasteiger partial charge in [-0.05, 0) is 43.2 Å². The highest BCUT2D eigenvalue weighted by Gasteiger charge is 2.13. The molecule has 1 unspecified atom stereocenters. The Labute approximate surface area is 110 Å². The lowest BCUT2D eigenvalue weighted by molar-refractivity contribution is 0.444. The fourth-order valence-corrected chi connectivity index (χ4v) is 2.73. The van der Waals surface area contributed by atoms with Crippen molar-refractivity contribution >= 4 is 11.8 Å². The van der Waals surface area contributed by atoms with Crippen molar-refractivity contribution < 1.29 is 0 Å². The highest BCUT2D eigenvalue weighted by Crippen LogP contribution is 2.29. The van der Waals surface area contributed by atoms with Crippen LogP contribution >= 0.6 is 11.8 Å². The summed E-state index contributed by atoms with van der Waals surface area (Å²) in [5.41, 5.74) is 1.46. The Morgan fingerprint density at radius 3 is 2.47 bits per heavy atom. The van der Waals surface area contributed by atoms with E-state index in [0.29, 0.717) is 6.04 Å². The van der Waals surface area contributed by atoms with E-state index in [-0.39, 0.29) is 0 Å². The van der Waals surface area contributed by atoms with E-state index < -0.39 is 0 Å². The Morgan fingerprint density at radius 2 is 1.88 bits per heavy atom. The Morgan fingerprint density at radius 1 is 1.18 bits per heavy atom. The number of rotatable bonds is 7. The number of benzene rings is 1. The van der Waals surface area contributed by atoms with Gasteiger partial charge in [0.1, 0.15) is 0 Å². The minimum absolute atomic E-state index is 0.506. The van der Waals surface area contributed by atoms with Gasteiger partial charge < -0.3 is 5.32 Å². The molecule has 0 bridgehead atoms. The molecule has 96 valence electrons. The first-order valence-electron chi connectivity index (χ1n) is 6.55. The summed E-state index contributed by atoms with van der Waals surface area (Å²) in [5.74, 6) is 0.776. The quantitative estimate of drug-likeness (QED) is 0.716. The van der Waals surface area contributed by atoms with Crippen molar-refractivity contribution in [2.24, 2.45) is 5.92 Å². The van der Waals surface area contributed by atoms with Crippen LogP contribution in [-0.2, 0) is 0 Å². The third-order valence-corrected chi connectivity index (χ3v) is 3.81. The maximum Gasteiger partial charge on any atom is 0.0331 e. The minimum Gasteiger partial charge on any atom is -0.310 e. The van der Waals surface area contributed by atoms with Gasteiger partial charge in [-0.1, -0.05) is 39.0 Å². The topological polar surface area (TPSA) is 12.0 Å². The van der Waals surface area contributed by atoms with Gasteiger partial charge in [-0.25, -0.2) is 0 Å². The molecule has 2 heteroatoms. The minimum atomic E-state index is 0.506. The average Bonchev–Trinajstić information content (AvgIpc) is 2.34. The van der Waals surface area contributed by atoms with Crippen LogP contribution in [0.1, 0.15) is 45.2 Å². The van der Waals surface area contributed by atoms with Crippen LogP contribution < -0.4 is 5.32 Å². The Hall–Kier alpha value is -0.470. The molecule has 0 saturated carbocycles. The fraction of sp³-hybridized carbons (Fsp3) is 0.600. The van der Waals surface area contributed by atoms with Gasteiger partial charge in [-0.15, -0.1) is 11.8 Å². The van der Waals surface area contributed by atoms with Gasteiger partial charge in [0.25, 0.3) is 0 Å². The molecule has 0 heterocycles. The second-order valence-electron chi connectivity index (χ2n) is 4.82. The first-order chi connectivity index (χ1) is 8.19. The molecule has 0 amide bonds. The summed E-state index contributed by atoms with van der Waals surface area (Å²) in [6.45, 7) is 7.81. The summed E-state index contributed by atoms with van der Waals surface area (Å²) in [4.78, 5) is 1.40. The molecule has 1 rings (SSSR count). The highest BCUT2D eigenvalue weighted by molar-refractivity contribution is 7.98. The molecule has 1 aromatic rings. The van der Waals surface area contributed by atoms with Crippen LogP contribution in [0.15, 0.2) is 29.2 Å². The van der Waals surface area contributed by atoms with Gasteiger partial charge in [0, 0.05) is 10.9 Å². The van der Waals surface area contributed by atoms with Gasteiger partial charge in [0.2, 0.25) is 0 Å².